The number of thioether (sulfide) groups is 1. The van der Waals surface area contributed by atoms with Crippen molar-refractivity contribution in [1.29, 1.82) is 0 Å². The van der Waals surface area contributed by atoms with Gasteiger partial charge in [-0.05, 0) is 98.3 Å². The minimum atomic E-state index is -1.01. The number of nitrogens with zero attached hydrogens (tertiary/aromatic N) is 1. The molecule has 0 unspecified atom stereocenters. The lowest BCUT2D eigenvalue weighted by molar-refractivity contribution is -0.139. The lowest BCUT2D eigenvalue weighted by Crippen LogP contribution is -2.44. The van der Waals surface area contributed by atoms with E-state index in [1.54, 1.807) is 11.8 Å². The first-order valence-corrected chi connectivity index (χ1v) is 18.0. The largest absolute Gasteiger partial charge is 0.480 e. The molecule has 0 aromatic heterocycles. The summed E-state index contributed by atoms with van der Waals surface area (Å²) < 4.78 is 6.32. The number of ether oxygens (including phenoxy) is 1. The Bertz CT molecular complexity index is 1180. The molecule has 0 heterocycles. The van der Waals surface area contributed by atoms with E-state index in [9.17, 15) is 14.7 Å². The Labute approximate surface area is 270 Å². The fraction of sp³-hybridized carbons (Fsp3) is 0.622. The fourth-order valence-electron chi connectivity index (χ4n) is 6.30. The van der Waals surface area contributed by atoms with Crippen molar-refractivity contribution in [2.75, 3.05) is 25.2 Å². The molecule has 2 aromatic carbocycles. The van der Waals surface area contributed by atoms with Gasteiger partial charge in [0.2, 0.25) is 0 Å². The summed E-state index contributed by atoms with van der Waals surface area (Å²) in [6, 6.07) is 13.9. The molecule has 1 fully saturated rings. The van der Waals surface area contributed by atoms with E-state index < -0.39 is 12.0 Å². The Hall–Kier alpha value is -2.35. The van der Waals surface area contributed by atoms with Gasteiger partial charge in [0.05, 0.1) is 6.61 Å². The van der Waals surface area contributed by atoms with Gasteiger partial charge in [0.15, 0.2) is 0 Å². The molecule has 2 N–H and O–H groups in total. The van der Waals surface area contributed by atoms with Crippen LogP contribution < -0.4 is 5.32 Å². The van der Waals surface area contributed by atoms with Crippen molar-refractivity contribution in [1.82, 2.24) is 10.2 Å². The lowest BCUT2D eigenvalue weighted by atomic mass is 9.84. The van der Waals surface area contributed by atoms with E-state index in [2.05, 4.69) is 57.0 Å². The van der Waals surface area contributed by atoms with Gasteiger partial charge in [-0.25, -0.2) is 4.79 Å². The van der Waals surface area contributed by atoms with Crippen molar-refractivity contribution < 1.29 is 19.4 Å². The Balaban J connectivity index is 1.93. The summed E-state index contributed by atoms with van der Waals surface area (Å²) in [5.74, 6) is 0.673. The number of carbonyl (C=O) groups is 2. The summed E-state index contributed by atoms with van der Waals surface area (Å²) in [5, 5.41) is 12.6. The van der Waals surface area contributed by atoms with E-state index in [0.29, 0.717) is 35.7 Å². The second-order valence-electron chi connectivity index (χ2n) is 13.3. The highest BCUT2D eigenvalue weighted by molar-refractivity contribution is 7.98. The average molecular weight is 625 g/mol. The minimum absolute atomic E-state index is 0.322. The van der Waals surface area contributed by atoms with Crippen LogP contribution in [0.25, 0.3) is 11.1 Å². The molecule has 1 amide bonds. The van der Waals surface area contributed by atoms with Crippen molar-refractivity contribution in [3.8, 4) is 11.1 Å². The van der Waals surface area contributed by atoms with Crippen molar-refractivity contribution in [2.45, 2.75) is 111 Å². The highest BCUT2D eigenvalue weighted by atomic mass is 32.2. The highest BCUT2D eigenvalue weighted by Gasteiger charge is 2.28. The Morgan fingerprint density at radius 3 is 2.39 bits per heavy atom. The third-order valence-electron chi connectivity index (χ3n) is 8.96. The van der Waals surface area contributed by atoms with Crippen LogP contribution in [0.5, 0.6) is 0 Å². The summed E-state index contributed by atoms with van der Waals surface area (Å²) in [7, 11) is 0. The van der Waals surface area contributed by atoms with Crippen LogP contribution in [0.1, 0.15) is 101 Å². The molecule has 0 saturated heterocycles. The van der Waals surface area contributed by atoms with E-state index in [1.165, 1.54) is 32.1 Å². The zero-order valence-electron chi connectivity index (χ0n) is 27.9. The molecular weight excluding hydrogens is 568 g/mol. The lowest BCUT2D eigenvalue weighted by Gasteiger charge is -2.38. The number of nitrogens with one attached hydrogen (secondary N) is 1. The number of hydrogen-bond acceptors (Lipinski definition) is 5. The molecule has 1 aliphatic carbocycles. The molecule has 3 rings (SSSR count). The molecular formula is C37H56N2O4S. The van der Waals surface area contributed by atoms with Crippen molar-refractivity contribution in [3.63, 3.8) is 0 Å². The van der Waals surface area contributed by atoms with E-state index >= 15 is 0 Å². The van der Waals surface area contributed by atoms with Crippen LogP contribution in [-0.2, 0) is 16.1 Å². The van der Waals surface area contributed by atoms with Crippen LogP contribution in [0.4, 0.5) is 0 Å². The van der Waals surface area contributed by atoms with Gasteiger partial charge in [0.25, 0.3) is 5.91 Å². The molecule has 2 aromatic rings. The zero-order chi connectivity index (χ0) is 32.1. The third kappa shape index (κ3) is 11.2. The summed E-state index contributed by atoms with van der Waals surface area (Å²) in [6.07, 6.45) is 11.2. The van der Waals surface area contributed by atoms with Crippen molar-refractivity contribution in [3.05, 3.63) is 59.2 Å². The number of hydrogen-bond donors (Lipinski definition) is 2. The van der Waals surface area contributed by atoms with Gasteiger partial charge in [-0.3, -0.25) is 9.69 Å². The predicted molar refractivity (Wildman–Crippen MR) is 184 cm³/mol. The standard InChI is InChI=1S/C37H56N2O4S/c1-26(2)18-20-43-25-31(22-29-13-8-7-9-14-29)39(27(3)4)24-30-16-17-33(34(23-30)32-15-11-10-12-28(32)5)36(40)38-35(37(41)42)19-21-44-6/h10-12,15-17,23,26-27,29,31,35H,7-9,13-14,18-22,24-25H2,1-6H3,(H,38,40)(H,41,42)/t31-,35+/m1/s1. The molecule has 0 aliphatic heterocycles. The van der Waals surface area contributed by atoms with E-state index in [-0.39, 0.29) is 5.91 Å². The summed E-state index contributed by atoms with van der Waals surface area (Å²) in [6.45, 7) is 13.4. The summed E-state index contributed by atoms with van der Waals surface area (Å²) in [5.41, 5.74) is 4.55. The summed E-state index contributed by atoms with van der Waals surface area (Å²) >= 11 is 1.57. The third-order valence-corrected chi connectivity index (χ3v) is 9.60. The van der Waals surface area contributed by atoms with Gasteiger partial charge in [-0.15, -0.1) is 0 Å². The molecule has 7 heteroatoms. The maximum Gasteiger partial charge on any atom is 0.326 e. The quantitative estimate of drug-likeness (QED) is 0.163. The Morgan fingerprint density at radius 2 is 1.75 bits per heavy atom. The molecule has 44 heavy (non-hydrogen) atoms. The number of rotatable bonds is 18. The van der Waals surface area contributed by atoms with E-state index in [1.807, 2.05) is 36.6 Å². The smallest absolute Gasteiger partial charge is 0.326 e. The maximum atomic E-state index is 13.6. The van der Waals surface area contributed by atoms with Gasteiger partial charge >= 0.3 is 5.97 Å². The number of benzene rings is 2. The monoisotopic (exact) mass is 624 g/mol. The Morgan fingerprint density at radius 1 is 1.02 bits per heavy atom. The molecule has 0 spiro atoms. The highest BCUT2D eigenvalue weighted by Crippen LogP contribution is 2.32. The molecule has 244 valence electrons. The van der Waals surface area contributed by atoms with Crippen molar-refractivity contribution in [2.24, 2.45) is 11.8 Å². The number of carbonyl (C=O) groups excluding carboxylic acids is 1. The second kappa shape index (κ2) is 18.6. The number of aryl methyl sites for hydroxylation is 1. The number of aliphatic carboxylic acids is 1. The first-order chi connectivity index (χ1) is 21.1. The van der Waals surface area contributed by atoms with Crippen LogP contribution in [0.3, 0.4) is 0 Å². The van der Waals surface area contributed by atoms with Gasteiger partial charge in [0, 0.05) is 30.8 Å². The van der Waals surface area contributed by atoms with Crippen LogP contribution in [0.2, 0.25) is 0 Å². The normalized spacial score (nSPS) is 15.6. The van der Waals surface area contributed by atoms with Gasteiger partial charge in [-0.2, -0.15) is 11.8 Å². The SMILES string of the molecule is CSCC[C@H](NC(=O)c1ccc(CN(C(C)C)[C@@H](COCCC(C)C)CC2CCCCC2)cc1-c1ccccc1C)C(=O)O. The van der Waals surface area contributed by atoms with Gasteiger partial charge < -0.3 is 15.2 Å². The first-order valence-electron chi connectivity index (χ1n) is 16.7. The first kappa shape index (κ1) is 36.1. The van der Waals surface area contributed by atoms with Crippen molar-refractivity contribution >= 4 is 23.6 Å². The van der Waals surface area contributed by atoms with E-state index in [4.69, 9.17) is 4.74 Å². The molecule has 0 bridgehead atoms. The molecule has 6 nitrogen and oxygen atoms in total. The zero-order valence-corrected chi connectivity index (χ0v) is 28.8. The minimum Gasteiger partial charge on any atom is -0.480 e. The van der Waals surface area contributed by atoms with E-state index in [0.717, 1.165) is 60.8 Å². The van der Waals surface area contributed by atoms with Gasteiger partial charge in [0.1, 0.15) is 6.04 Å². The second-order valence-corrected chi connectivity index (χ2v) is 14.2. The number of amides is 1. The predicted octanol–water partition coefficient (Wildman–Crippen LogP) is 8.21. The molecule has 2 atom stereocenters. The van der Waals surface area contributed by atoms with Crippen LogP contribution in [-0.4, -0.2) is 65.2 Å². The van der Waals surface area contributed by atoms with Crippen LogP contribution in [0.15, 0.2) is 42.5 Å². The fourth-order valence-corrected chi connectivity index (χ4v) is 6.78. The molecule has 1 aliphatic rings. The number of carboxylic acid groups (broad SMARTS) is 1. The molecule has 0 radical (unpaired) electrons. The topological polar surface area (TPSA) is 78.9 Å². The Kier molecular flexibility index (Phi) is 15.3. The summed E-state index contributed by atoms with van der Waals surface area (Å²) in [4.78, 5) is 28.1. The van der Waals surface area contributed by atoms with Gasteiger partial charge in [-0.1, -0.05) is 76.3 Å². The van der Waals surface area contributed by atoms with Crippen LogP contribution in [0, 0.1) is 18.8 Å². The molecule has 1 saturated carbocycles. The average Bonchev–Trinajstić information content (AvgIpc) is 2.99. The number of carboxylic acids is 1. The maximum absolute atomic E-state index is 13.6. The van der Waals surface area contributed by atoms with Crippen LogP contribution >= 0.6 is 11.8 Å².